The van der Waals surface area contributed by atoms with Crippen molar-refractivity contribution in [3.05, 3.63) is 70.1 Å². The minimum absolute atomic E-state index is 0.218. The number of pyridine rings is 1. The normalized spacial score (nSPS) is 18.8. The van der Waals surface area contributed by atoms with Crippen LogP contribution in [0.4, 0.5) is 0 Å². The van der Waals surface area contributed by atoms with Crippen molar-refractivity contribution in [3.63, 3.8) is 0 Å². The van der Waals surface area contributed by atoms with Crippen molar-refractivity contribution >= 4 is 38.8 Å². The topological polar surface area (TPSA) is 38.1 Å². The monoisotopic (exact) mass is 421 g/mol. The van der Waals surface area contributed by atoms with E-state index in [0.717, 1.165) is 59.2 Å². The molecule has 3 aromatic rings. The fourth-order valence-electron chi connectivity index (χ4n) is 4.23. The van der Waals surface area contributed by atoms with Crippen molar-refractivity contribution in [2.45, 2.75) is 19.4 Å². The molecule has 3 aliphatic rings. The highest BCUT2D eigenvalue weighted by Gasteiger charge is 2.36. The molecule has 0 saturated carbocycles. The molecule has 6 rings (SSSR count). The van der Waals surface area contributed by atoms with E-state index >= 15 is 0 Å². The zero-order valence-corrected chi connectivity index (χ0v) is 16.5. The molecular weight excluding hydrogens is 402 g/mol. The molecule has 0 aliphatic carbocycles. The number of nitrogens with zero attached hydrogens (tertiary/aromatic N) is 3. The Hall–Kier alpha value is -2.40. The van der Waals surface area contributed by atoms with Crippen molar-refractivity contribution in [2.24, 2.45) is 5.92 Å². The minimum atomic E-state index is 0.218. The molecular formula is C22H20BrN3O. The third kappa shape index (κ3) is 3.00. The van der Waals surface area contributed by atoms with Crippen LogP contribution in [-0.2, 0) is 11.3 Å². The van der Waals surface area contributed by atoms with E-state index in [4.69, 9.17) is 0 Å². The van der Waals surface area contributed by atoms with Gasteiger partial charge >= 0.3 is 0 Å². The molecule has 1 aromatic carbocycles. The summed E-state index contributed by atoms with van der Waals surface area (Å²) >= 11 is 3.49. The van der Waals surface area contributed by atoms with Gasteiger partial charge in [0.1, 0.15) is 5.65 Å². The summed E-state index contributed by atoms with van der Waals surface area (Å²) in [6.45, 7) is 2.75. The second-order valence-corrected chi connectivity index (χ2v) is 8.28. The Morgan fingerprint density at radius 3 is 2.67 bits per heavy atom. The molecule has 4 nitrogen and oxygen atoms in total. The van der Waals surface area contributed by atoms with Crippen molar-refractivity contribution in [2.75, 3.05) is 13.1 Å². The average Bonchev–Trinajstić information content (AvgIpc) is 3.04. The van der Waals surface area contributed by atoms with Crippen LogP contribution >= 0.6 is 15.9 Å². The summed E-state index contributed by atoms with van der Waals surface area (Å²) in [5, 5.41) is 1.09. The van der Waals surface area contributed by atoms with Crippen LogP contribution < -0.4 is 0 Å². The van der Waals surface area contributed by atoms with Crippen LogP contribution in [0.1, 0.15) is 24.0 Å². The summed E-state index contributed by atoms with van der Waals surface area (Å²) in [7, 11) is 0. The number of fused-ring (bicyclic) bond motifs is 4. The summed E-state index contributed by atoms with van der Waals surface area (Å²) in [4.78, 5) is 19.6. The van der Waals surface area contributed by atoms with Crippen LogP contribution in [-0.4, -0.2) is 33.3 Å². The van der Waals surface area contributed by atoms with Gasteiger partial charge in [-0.15, -0.1) is 0 Å². The van der Waals surface area contributed by atoms with Gasteiger partial charge in [0, 0.05) is 53.4 Å². The predicted octanol–water partition coefficient (Wildman–Crippen LogP) is 4.48. The highest BCUT2D eigenvalue weighted by Crippen LogP contribution is 2.33. The molecule has 3 saturated heterocycles. The van der Waals surface area contributed by atoms with E-state index in [0.29, 0.717) is 5.78 Å². The Bertz CT molecular complexity index is 1040. The van der Waals surface area contributed by atoms with Gasteiger partial charge < -0.3 is 9.47 Å². The Morgan fingerprint density at radius 1 is 1.15 bits per heavy atom. The number of hydrogen-bond donors (Lipinski definition) is 0. The molecule has 2 aromatic heterocycles. The number of hydrogen-bond acceptors (Lipinski definition) is 3. The van der Waals surface area contributed by atoms with E-state index in [1.54, 1.807) is 0 Å². The van der Waals surface area contributed by atoms with E-state index in [2.05, 4.69) is 73.0 Å². The van der Waals surface area contributed by atoms with E-state index in [1.807, 2.05) is 12.3 Å². The van der Waals surface area contributed by atoms with Crippen LogP contribution in [0.15, 0.2) is 59.0 Å². The third-order valence-corrected chi connectivity index (χ3v) is 6.21. The van der Waals surface area contributed by atoms with Crippen molar-refractivity contribution < 1.29 is 4.79 Å². The first-order valence-electron chi connectivity index (χ1n) is 9.38. The standard InChI is InChI=1S/C22H20BrN3O/c23-18-5-3-15(4-6-18)13-26-14-17(19-2-1-9-24-22(19)26)12-20-21(27)16-7-10-25(20)11-8-16/h1-6,9,12,14,16H,7-8,10-11,13H2/b20-12-. The first-order chi connectivity index (χ1) is 13.2. The van der Waals surface area contributed by atoms with Gasteiger partial charge in [-0.25, -0.2) is 4.98 Å². The highest BCUT2D eigenvalue weighted by atomic mass is 79.9. The maximum absolute atomic E-state index is 12.7. The van der Waals surface area contributed by atoms with Crippen molar-refractivity contribution in [1.82, 2.24) is 14.5 Å². The lowest BCUT2D eigenvalue weighted by atomic mass is 9.84. The minimum Gasteiger partial charge on any atom is -0.369 e. The van der Waals surface area contributed by atoms with Crippen LogP contribution in [0.3, 0.4) is 0 Å². The molecule has 27 heavy (non-hydrogen) atoms. The lowest BCUT2D eigenvalue weighted by Crippen LogP contribution is -2.45. The maximum Gasteiger partial charge on any atom is 0.182 e. The van der Waals surface area contributed by atoms with Gasteiger partial charge in [-0.05, 0) is 48.7 Å². The van der Waals surface area contributed by atoms with Crippen molar-refractivity contribution in [3.8, 4) is 0 Å². The Balaban J connectivity index is 1.56. The Kier molecular flexibility index (Phi) is 4.12. The number of ketones is 1. The molecule has 0 radical (unpaired) electrons. The fraction of sp³-hybridized carbons (Fsp3) is 0.273. The maximum atomic E-state index is 12.7. The summed E-state index contributed by atoms with van der Waals surface area (Å²) in [6.07, 6.45) is 8.04. The number of carbonyl (C=O) groups is 1. The van der Waals surface area contributed by atoms with Crippen LogP contribution in [0.25, 0.3) is 17.1 Å². The molecule has 0 spiro atoms. The predicted molar refractivity (Wildman–Crippen MR) is 110 cm³/mol. The lowest BCUT2D eigenvalue weighted by molar-refractivity contribution is -0.125. The zero-order chi connectivity index (χ0) is 18.4. The van der Waals surface area contributed by atoms with Crippen molar-refractivity contribution in [1.29, 1.82) is 0 Å². The summed E-state index contributed by atoms with van der Waals surface area (Å²) in [5.74, 6) is 0.528. The summed E-state index contributed by atoms with van der Waals surface area (Å²) in [6, 6.07) is 12.4. The molecule has 0 N–H and O–H groups in total. The highest BCUT2D eigenvalue weighted by molar-refractivity contribution is 9.10. The number of halogens is 1. The van der Waals surface area contributed by atoms with Gasteiger partial charge in [0.15, 0.2) is 5.78 Å². The molecule has 3 aliphatic heterocycles. The fourth-order valence-corrected chi connectivity index (χ4v) is 4.49. The zero-order valence-electron chi connectivity index (χ0n) is 14.9. The van der Waals surface area contributed by atoms with Crippen LogP contribution in [0.2, 0.25) is 0 Å². The molecule has 2 bridgehead atoms. The Labute approximate surface area is 166 Å². The van der Waals surface area contributed by atoms with Gasteiger partial charge in [-0.2, -0.15) is 0 Å². The van der Waals surface area contributed by atoms with Crippen LogP contribution in [0, 0.1) is 5.92 Å². The largest absolute Gasteiger partial charge is 0.369 e. The van der Waals surface area contributed by atoms with E-state index < -0.39 is 0 Å². The second-order valence-electron chi connectivity index (χ2n) is 7.37. The molecule has 0 unspecified atom stereocenters. The summed E-state index contributed by atoms with van der Waals surface area (Å²) in [5.41, 5.74) is 4.13. The second kappa shape index (κ2) is 6.64. The molecule has 0 amide bonds. The molecule has 136 valence electrons. The van der Waals surface area contributed by atoms with E-state index in [9.17, 15) is 4.79 Å². The number of Topliss-reactive ketones (excluding diaryl/α,β-unsaturated/α-hetero) is 1. The third-order valence-electron chi connectivity index (χ3n) is 5.68. The molecule has 0 atom stereocenters. The molecule has 5 heterocycles. The number of aromatic nitrogens is 2. The van der Waals surface area contributed by atoms with Gasteiger partial charge in [-0.1, -0.05) is 28.1 Å². The molecule has 3 fully saturated rings. The van der Waals surface area contributed by atoms with Gasteiger partial charge in [0.2, 0.25) is 0 Å². The quantitative estimate of drug-likeness (QED) is 0.584. The smallest absolute Gasteiger partial charge is 0.182 e. The molecule has 5 heteroatoms. The van der Waals surface area contributed by atoms with Gasteiger partial charge in [-0.3, -0.25) is 4.79 Å². The number of benzene rings is 1. The first-order valence-corrected chi connectivity index (χ1v) is 10.2. The first kappa shape index (κ1) is 16.8. The van der Waals surface area contributed by atoms with E-state index in [-0.39, 0.29) is 5.92 Å². The Morgan fingerprint density at radius 2 is 1.93 bits per heavy atom. The van der Waals surface area contributed by atoms with Crippen LogP contribution in [0.5, 0.6) is 0 Å². The summed E-state index contributed by atoms with van der Waals surface area (Å²) < 4.78 is 3.25. The number of rotatable bonds is 3. The number of allylic oxidation sites excluding steroid dienone is 1. The number of carbonyl (C=O) groups excluding carboxylic acids is 1. The van der Waals surface area contributed by atoms with E-state index in [1.165, 1.54) is 5.56 Å². The number of piperidine rings is 3. The average molecular weight is 422 g/mol. The SMILES string of the molecule is O=C1/C(=C/c2cn(Cc3ccc(Br)cc3)c3ncccc23)N2CCC1CC2. The lowest BCUT2D eigenvalue weighted by Gasteiger charge is -2.41. The van der Waals surface area contributed by atoms with Gasteiger partial charge in [0.05, 0.1) is 5.70 Å². The van der Waals surface area contributed by atoms with Gasteiger partial charge in [0.25, 0.3) is 0 Å².